The number of hydrogen-bond acceptors (Lipinski definition) is 20. The number of thiocarbonyl (C=S) groups is 1. The fourth-order valence-corrected chi connectivity index (χ4v) is 14.9. The molecule has 0 spiro atoms. The van der Waals surface area contributed by atoms with Gasteiger partial charge in [-0.25, -0.2) is 39.6 Å². The van der Waals surface area contributed by atoms with Gasteiger partial charge in [-0.2, -0.15) is 0 Å². The number of nitrogens with zero attached hydrogens (tertiary/aromatic N) is 2. The number of phenolic OH excluding ortho intramolecular Hbond substituents is 1. The van der Waals surface area contributed by atoms with Gasteiger partial charge in [0.2, 0.25) is 4.38 Å². The summed E-state index contributed by atoms with van der Waals surface area (Å²) >= 11 is 50.7. The zero-order valence-corrected chi connectivity index (χ0v) is 92.3. The van der Waals surface area contributed by atoms with E-state index in [9.17, 15) is 51.4 Å². The molecule has 2 aliphatic heterocycles. The molecular weight excluding hydrogens is 2200 g/mol. The number of carbonyl (C=O) groups excluding carboxylic acids is 1. The number of nitro groups is 2. The normalized spacial score (nSPS) is 13.5. The van der Waals surface area contributed by atoms with E-state index in [2.05, 4.69) is 35.5 Å². The maximum absolute atomic E-state index is 12.9. The van der Waals surface area contributed by atoms with E-state index in [1.807, 2.05) is 38.7 Å². The Kier molecular flexibility index (Phi) is 54.8. The van der Waals surface area contributed by atoms with Gasteiger partial charge in [-0.05, 0) is 229 Å². The monoisotopic (exact) mass is 2280 g/mol. The van der Waals surface area contributed by atoms with Crippen molar-refractivity contribution < 1.29 is 227 Å². The molecule has 0 amide bonds. The second kappa shape index (κ2) is 62.1. The van der Waals surface area contributed by atoms with Crippen molar-refractivity contribution in [3.8, 4) is 34.5 Å². The molecule has 2 heterocycles. The summed E-state index contributed by atoms with van der Waals surface area (Å²) in [5.41, 5.74) is 11.4. The predicted octanol–water partition coefficient (Wildman–Crippen LogP) is 22.9. The number of nitro benzene ring substituents is 2. The first-order valence-corrected chi connectivity index (χ1v) is 44.1. The maximum atomic E-state index is 12.9. The molecule has 3 N–H and O–H groups in total. The van der Waals surface area contributed by atoms with Crippen LogP contribution in [-0.2, 0) is 62.1 Å². The molecule has 0 radical (unpaired) electrons. The van der Waals surface area contributed by atoms with Crippen molar-refractivity contribution in [3.05, 3.63) is 387 Å². The van der Waals surface area contributed by atoms with Crippen LogP contribution in [0.2, 0.25) is 30.1 Å². The van der Waals surface area contributed by atoms with Crippen molar-refractivity contribution in [2.75, 3.05) is 12.3 Å². The van der Waals surface area contributed by atoms with Gasteiger partial charge in [-0.3, -0.25) is 25.0 Å². The molecule has 37 heteroatoms. The number of hydrogen-bond donors (Lipinski definition) is 3. The number of thiol groups is 1. The van der Waals surface area contributed by atoms with Gasteiger partial charge in [0, 0.05) is 70.9 Å². The van der Waals surface area contributed by atoms with Crippen molar-refractivity contribution in [3.63, 3.8) is 0 Å². The van der Waals surface area contributed by atoms with Gasteiger partial charge in [-0.1, -0.05) is 184 Å². The Labute approximate surface area is 924 Å². The fourth-order valence-electron chi connectivity index (χ4n) is 10.4. The molecule has 0 saturated carbocycles. The van der Waals surface area contributed by atoms with E-state index in [1.54, 1.807) is 146 Å². The molecule has 2 aliphatic rings. The summed E-state index contributed by atoms with van der Waals surface area (Å²) in [6.07, 6.45) is 1.43. The van der Waals surface area contributed by atoms with E-state index in [0.29, 0.717) is 104 Å². The maximum Gasteiger partial charge on any atom is 1.00 e. The third-order valence-corrected chi connectivity index (χ3v) is 20.7. The second-order valence-corrected chi connectivity index (χ2v) is 33.7. The zero-order chi connectivity index (χ0) is 93.2. The number of non-ortho nitro benzene ring substituents is 2. The Bertz CT molecular complexity index is 5380. The number of aromatic hydroxyl groups is 1. The minimum atomic E-state index is -0.619. The number of phenols is 1. The zero-order valence-electron chi connectivity index (χ0n) is 70.3. The number of esters is 1. The number of benzene rings is 12. The number of carbonyl (C=O) groups is 1. The topological polar surface area (TPSA) is 233 Å². The van der Waals surface area contributed by atoms with E-state index in [0.717, 1.165) is 72.3 Å². The number of nitrogens with two attached hydrogens (primary N) is 1. The fraction of sp³-hybridized carbons (Fsp3) is 0.183. The minimum Gasteiger partial charge on any atom is -0.542 e. The van der Waals surface area contributed by atoms with E-state index in [4.69, 9.17) is 135 Å². The van der Waals surface area contributed by atoms with Gasteiger partial charge in [0.15, 0.2) is 6.29 Å². The Morgan fingerprint density at radius 3 is 1.16 bits per heavy atom. The molecule has 2 fully saturated rings. The molecule has 2 unspecified atom stereocenters. The van der Waals surface area contributed by atoms with E-state index < -0.39 is 9.85 Å². The first kappa shape index (κ1) is 115. The molecule has 0 aromatic heterocycles. The molecule has 14 rings (SSSR count). The van der Waals surface area contributed by atoms with Crippen LogP contribution < -0.4 is 167 Å². The van der Waals surface area contributed by atoms with E-state index >= 15 is 0 Å². The van der Waals surface area contributed by atoms with E-state index in [1.165, 1.54) is 122 Å². The average Bonchev–Trinajstić information content (AvgIpc) is 1.57. The molecule has 130 heavy (non-hydrogen) atoms. The molecule has 4 atom stereocenters. The van der Waals surface area contributed by atoms with Crippen LogP contribution in [0.25, 0.3) is 0 Å². The number of thioether (sulfide) groups is 2. The summed E-state index contributed by atoms with van der Waals surface area (Å²) < 4.78 is 125. The molecule has 12 aromatic carbocycles. The number of rotatable bonds is 23. The summed E-state index contributed by atoms with van der Waals surface area (Å²) in [6.45, 7) is 13.1. The van der Waals surface area contributed by atoms with Crippen molar-refractivity contribution >= 4 is 161 Å². The summed E-state index contributed by atoms with van der Waals surface area (Å²) in [4.78, 5) is 32.6. The molecule has 2 saturated heterocycles. The number of halogens is 13. The van der Waals surface area contributed by atoms with Crippen LogP contribution in [0.3, 0.4) is 0 Å². The first-order valence-electron chi connectivity index (χ1n) is 38.1. The average molecular weight is 2280 g/mol. The van der Waals surface area contributed by atoms with Crippen LogP contribution in [0.15, 0.2) is 269 Å². The summed E-state index contributed by atoms with van der Waals surface area (Å²) in [5, 5.41) is 33.1. The van der Waals surface area contributed by atoms with Crippen molar-refractivity contribution in [2.45, 2.75) is 105 Å². The molecule has 676 valence electrons. The Morgan fingerprint density at radius 2 is 0.815 bits per heavy atom. The van der Waals surface area contributed by atoms with Crippen molar-refractivity contribution in [1.82, 2.24) is 0 Å². The summed E-state index contributed by atoms with van der Waals surface area (Å²) in [6, 6.07) is 65.6. The molecule has 18 nitrogen and oxygen atoms in total. The van der Waals surface area contributed by atoms with E-state index in [-0.39, 0.29) is 224 Å². The number of anilines is 1. The quantitative estimate of drug-likeness (QED) is 0.00516. The standard InChI is InChI=1S/C18H17ClFO2S.C16H14ClFO2S2.C13H9ClFNO3.C13H11ClFNO.C13H10ClFOS.C7H6BrF.C7H11O3.C6H4ClNO3.2Cs/c1-12-6-18(22-10-12)23-17-8-14(19)7-16(9-17)21-11-13-2-4-15(20)5-3-13;1-2-19-16(21)22-15-8-12(17)7-14(9-15)20-10-11-3-5-13(18)6-4-11;14-10-5-12(16(17)18)7-13(6-10)19-8-9-1-3-11(15)4-2-9;14-10-5-12(16)7-13(6-10)17-8-9-1-3-11(15)4-2-9;14-10-5-12(7-13(17)6-10)16-8-9-1-3-11(15)4-2-9;8-5-6-1-3-7(9)4-2-6;1-5-3-7(9-4-5)10-6(2)8;7-4-1-5(8(10)11)3-6(9)2-4;;/h2-5,7-10,12,18H,6,11H2,1H3;3-9H,2,10H2,1H3;1-7H,8H2;1-7H,8,16H2;1-7,17H,8H2;1-4H,5H2;4-5,7H,3H2,1-2H3;1-3,9H;;/q-1;;;;;;-1;;2*+1/t12-,18?;;;;;;5-,7?;;;/m1.....1.../s1. The number of ether oxygens (including phenoxy) is 9. The largest absolute Gasteiger partial charge is 1.00 e. The SMILES string of the molecule is CC(=O)OC1C[C@@H](C)[CH-]O1.CCOC(=S)Sc1cc(Cl)cc(OCc2ccc(F)cc2)c1.C[C@H]1[CH-]OC(Sc2cc(Cl)cc(OCc3ccc(F)cc3)c2)C1.Fc1ccc(CBr)cc1.Fc1ccc(COc2cc(S)cc(Cl)c2)cc1.Nc1cc(Cl)cc(OCc2ccc(F)cc2)c1.O=[N+]([O-])c1cc(Cl)cc(OCc2ccc(F)cc2)c1.O=[N+]([O-])c1cc(O)cc(Cl)c1.[Cs+].[Cs+]. The van der Waals surface area contributed by atoms with Crippen LogP contribution in [0.4, 0.5) is 43.4 Å². The molecule has 0 bridgehead atoms. The smallest absolute Gasteiger partial charge is 0.542 e. The Morgan fingerprint density at radius 1 is 0.485 bits per heavy atom. The Hall–Kier alpha value is -5.73. The minimum absolute atomic E-state index is 0. The van der Waals surface area contributed by atoms with Gasteiger partial charge < -0.3 is 53.5 Å². The second-order valence-electron chi connectivity index (χ2n) is 27.1. The van der Waals surface area contributed by atoms with Crippen LogP contribution in [0, 0.1) is 80.2 Å². The first-order chi connectivity index (χ1) is 61.0. The summed E-state index contributed by atoms with van der Waals surface area (Å²) in [7, 11) is 0. The third-order valence-electron chi connectivity index (χ3n) is 16.3. The Balaban J connectivity index is 0.000000267. The van der Waals surface area contributed by atoms with Crippen molar-refractivity contribution in [1.29, 1.82) is 0 Å². The van der Waals surface area contributed by atoms with Crippen LogP contribution >= 0.6 is 134 Å². The van der Waals surface area contributed by atoms with Gasteiger partial charge >= 0.3 is 144 Å². The molecule has 12 aromatic rings. The third kappa shape index (κ3) is 47.6. The van der Waals surface area contributed by atoms with Gasteiger partial charge in [0.25, 0.3) is 11.4 Å². The molecule has 0 aliphatic carbocycles. The van der Waals surface area contributed by atoms with Crippen LogP contribution in [-0.4, -0.2) is 43.6 Å². The number of nitrogen functional groups attached to an aromatic ring is 1. The molecular formula is C93H82BrCl6Cs2F6N3O15S4. The van der Waals surface area contributed by atoms with Gasteiger partial charge in [-0.15, -0.1) is 24.5 Å². The van der Waals surface area contributed by atoms with Crippen LogP contribution in [0.5, 0.6) is 34.5 Å². The number of alkyl halides is 1. The van der Waals surface area contributed by atoms with Crippen molar-refractivity contribution in [2.24, 2.45) is 11.8 Å². The van der Waals surface area contributed by atoms with Crippen LogP contribution in [0.1, 0.15) is 73.9 Å². The van der Waals surface area contributed by atoms with Gasteiger partial charge in [0.05, 0.1) is 44.1 Å². The summed E-state index contributed by atoms with van der Waals surface area (Å²) in [5.74, 6) is 1.68. The van der Waals surface area contributed by atoms with Gasteiger partial charge in [0.1, 0.15) is 102 Å². The predicted molar refractivity (Wildman–Crippen MR) is 502 cm³/mol.